The van der Waals surface area contributed by atoms with E-state index in [1.165, 1.54) is 5.56 Å². The largest absolute Gasteiger partial charge is 0.494 e. The van der Waals surface area contributed by atoms with Crippen molar-refractivity contribution < 1.29 is 4.74 Å². The Kier molecular flexibility index (Phi) is 4.63. The van der Waals surface area contributed by atoms with Gasteiger partial charge in [0.05, 0.1) is 12.3 Å². The zero-order valence-corrected chi connectivity index (χ0v) is 14.8. The number of anilines is 1. The Balaban J connectivity index is 1.38. The molecule has 5 nitrogen and oxygen atoms in total. The lowest BCUT2D eigenvalue weighted by atomic mass is 10.1. The predicted octanol–water partition coefficient (Wildman–Crippen LogP) is 3.94. The van der Waals surface area contributed by atoms with E-state index in [0.29, 0.717) is 6.61 Å². The quantitative estimate of drug-likeness (QED) is 0.704. The zero-order chi connectivity index (χ0) is 17.1. The van der Waals surface area contributed by atoms with Crippen LogP contribution in [0.4, 0.5) is 5.82 Å². The van der Waals surface area contributed by atoms with Gasteiger partial charge in [-0.3, -0.25) is 5.32 Å². The van der Waals surface area contributed by atoms with E-state index in [0.717, 1.165) is 29.4 Å². The zero-order valence-electron chi connectivity index (χ0n) is 14.0. The van der Waals surface area contributed by atoms with Gasteiger partial charge >= 0.3 is 0 Å². The van der Waals surface area contributed by atoms with E-state index in [9.17, 15) is 0 Å². The molecule has 1 aliphatic heterocycles. The fraction of sp³-hybridized carbons (Fsp3) is 0.211. The number of rotatable bonds is 6. The van der Waals surface area contributed by atoms with Gasteiger partial charge in [-0.1, -0.05) is 30.3 Å². The highest BCUT2D eigenvalue weighted by Gasteiger charge is 2.23. The molecule has 128 valence electrons. The Morgan fingerprint density at radius 2 is 1.96 bits per heavy atom. The van der Waals surface area contributed by atoms with E-state index >= 15 is 0 Å². The minimum atomic E-state index is 0.122. The van der Waals surface area contributed by atoms with Crippen molar-refractivity contribution in [2.75, 3.05) is 11.9 Å². The summed E-state index contributed by atoms with van der Waals surface area (Å²) in [5, 5.41) is 11.6. The molecule has 25 heavy (non-hydrogen) atoms. The summed E-state index contributed by atoms with van der Waals surface area (Å²) < 4.78 is 7.42. The first kappa shape index (κ1) is 16.1. The summed E-state index contributed by atoms with van der Waals surface area (Å²) in [4.78, 5) is 0. The normalized spacial score (nSPS) is 15.6. The molecule has 0 amide bonds. The molecule has 0 fully saturated rings. The van der Waals surface area contributed by atoms with Crippen LogP contribution in [0.25, 0.3) is 11.3 Å². The van der Waals surface area contributed by atoms with Crippen molar-refractivity contribution in [1.82, 2.24) is 14.5 Å². The number of nitrogens with zero attached hydrogens (tertiary/aromatic N) is 2. The lowest BCUT2D eigenvalue weighted by Crippen LogP contribution is -2.30. The lowest BCUT2D eigenvalue weighted by Gasteiger charge is -2.11. The van der Waals surface area contributed by atoms with Gasteiger partial charge in [-0.25, -0.2) is 0 Å². The fourth-order valence-electron chi connectivity index (χ4n) is 2.73. The van der Waals surface area contributed by atoms with E-state index in [1.807, 2.05) is 41.3 Å². The van der Waals surface area contributed by atoms with Crippen LogP contribution < -0.4 is 15.4 Å². The number of ether oxygens (including phenoxy) is 1. The third-order valence-corrected chi connectivity index (χ3v) is 4.93. The standard InChI is InChI=1S/C19H20N4OS/c1-2-24-16-10-8-15(9-11-16)17-12-18-21-19(25-23(18)22-17)20-13-14-6-4-3-5-7-14/h3-12,19-21H,2,13H2,1H3. The first-order chi connectivity index (χ1) is 12.3. The van der Waals surface area contributed by atoms with Gasteiger partial charge in [-0.05, 0) is 36.8 Å². The molecule has 0 saturated carbocycles. The highest BCUT2D eigenvalue weighted by atomic mass is 32.2. The van der Waals surface area contributed by atoms with Crippen LogP contribution in [0.15, 0.2) is 60.7 Å². The van der Waals surface area contributed by atoms with Crippen LogP contribution in [-0.4, -0.2) is 21.3 Å². The Morgan fingerprint density at radius 3 is 2.68 bits per heavy atom. The van der Waals surface area contributed by atoms with Gasteiger partial charge in [0.2, 0.25) is 0 Å². The maximum absolute atomic E-state index is 5.49. The molecule has 2 aromatic carbocycles. The molecule has 6 heteroatoms. The fourth-order valence-corrected chi connectivity index (χ4v) is 3.61. The minimum Gasteiger partial charge on any atom is -0.494 e. The molecule has 0 radical (unpaired) electrons. The molecule has 0 aliphatic carbocycles. The number of hydrogen-bond donors (Lipinski definition) is 2. The van der Waals surface area contributed by atoms with Crippen molar-refractivity contribution in [2.45, 2.75) is 19.0 Å². The van der Waals surface area contributed by atoms with Crippen molar-refractivity contribution in [3.05, 3.63) is 66.2 Å². The van der Waals surface area contributed by atoms with Crippen LogP contribution in [0.1, 0.15) is 12.5 Å². The second-order valence-corrected chi connectivity index (χ2v) is 6.77. The monoisotopic (exact) mass is 352 g/mol. The summed E-state index contributed by atoms with van der Waals surface area (Å²) in [6.07, 6.45) is 0. The average Bonchev–Trinajstić information content (AvgIpc) is 3.20. The van der Waals surface area contributed by atoms with Crippen LogP contribution in [0.5, 0.6) is 5.75 Å². The minimum absolute atomic E-state index is 0.122. The maximum atomic E-state index is 5.49. The summed E-state index contributed by atoms with van der Waals surface area (Å²) in [7, 11) is 0. The maximum Gasteiger partial charge on any atom is 0.148 e. The molecule has 2 heterocycles. The average molecular weight is 352 g/mol. The van der Waals surface area contributed by atoms with Crippen LogP contribution in [0, 0.1) is 0 Å². The molecule has 4 rings (SSSR count). The number of hydrogen-bond acceptors (Lipinski definition) is 5. The van der Waals surface area contributed by atoms with Crippen LogP contribution >= 0.6 is 11.9 Å². The summed E-state index contributed by atoms with van der Waals surface area (Å²) in [6, 6.07) is 20.5. The highest BCUT2D eigenvalue weighted by Crippen LogP contribution is 2.32. The Morgan fingerprint density at radius 1 is 1.16 bits per heavy atom. The van der Waals surface area contributed by atoms with Crippen molar-refractivity contribution in [3.8, 4) is 17.0 Å². The smallest absolute Gasteiger partial charge is 0.148 e. The number of aromatic nitrogens is 2. The van der Waals surface area contributed by atoms with Gasteiger partial charge in [0, 0.05) is 30.1 Å². The first-order valence-corrected chi connectivity index (χ1v) is 9.20. The molecule has 1 atom stereocenters. The molecular formula is C19H20N4OS. The summed E-state index contributed by atoms with van der Waals surface area (Å²) in [6.45, 7) is 3.48. The molecule has 3 aromatic rings. The lowest BCUT2D eigenvalue weighted by molar-refractivity contribution is 0.340. The molecule has 1 aliphatic rings. The molecule has 1 unspecified atom stereocenters. The van der Waals surface area contributed by atoms with Crippen LogP contribution in [-0.2, 0) is 6.54 Å². The van der Waals surface area contributed by atoms with Crippen LogP contribution in [0.2, 0.25) is 0 Å². The second-order valence-electron chi connectivity index (χ2n) is 5.74. The van der Waals surface area contributed by atoms with Gasteiger partial charge in [0.25, 0.3) is 0 Å². The van der Waals surface area contributed by atoms with E-state index in [-0.39, 0.29) is 5.50 Å². The highest BCUT2D eigenvalue weighted by molar-refractivity contribution is 7.98. The van der Waals surface area contributed by atoms with E-state index in [1.54, 1.807) is 11.9 Å². The van der Waals surface area contributed by atoms with Gasteiger partial charge < -0.3 is 10.1 Å². The first-order valence-electron chi connectivity index (χ1n) is 8.36. The molecule has 0 saturated heterocycles. The van der Waals surface area contributed by atoms with E-state index in [2.05, 4.69) is 46.1 Å². The second kappa shape index (κ2) is 7.21. The van der Waals surface area contributed by atoms with E-state index in [4.69, 9.17) is 4.74 Å². The van der Waals surface area contributed by atoms with E-state index < -0.39 is 0 Å². The van der Waals surface area contributed by atoms with Crippen LogP contribution in [0.3, 0.4) is 0 Å². The van der Waals surface area contributed by atoms with Gasteiger partial charge in [0.15, 0.2) is 0 Å². The number of nitrogens with one attached hydrogen (secondary N) is 2. The van der Waals surface area contributed by atoms with Crippen molar-refractivity contribution in [1.29, 1.82) is 0 Å². The number of benzene rings is 2. The molecule has 0 spiro atoms. The Labute approximate surface area is 151 Å². The van der Waals surface area contributed by atoms with Gasteiger partial charge in [0.1, 0.15) is 17.1 Å². The topological polar surface area (TPSA) is 51.1 Å². The van der Waals surface area contributed by atoms with Crippen molar-refractivity contribution in [2.24, 2.45) is 0 Å². The predicted molar refractivity (Wildman–Crippen MR) is 103 cm³/mol. The molecule has 0 bridgehead atoms. The number of fused-ring (bicyclic) bond motifs is 1. The van der Waals surface area contributed by atoms with Crippen molar-refractivity contribution in [3.63, 3.8) is 0 Å². The van der Waals surface area contributed by atoms with Gasteiger partial charge in [-0.15, -0.1) is 0 Å². The molecular weight excluding hydrogens is 332 g/mol. The van der Waals surface area contributed by atoms with Crippen molar-refractivity contribution >= 4 is 17.8 Å². The third-order valence-electron chi connectivity index (χ3n) is 3.96. The van der Waals surface area contributed by atoms with Gasteiger partial charge in [-0.2, -0.15) is 9.19 Å². The summed E-state index contributed by atoms with van der Waals surface area (Å²) in [5.41, 5.74) is 3.43. The molecule has 2 N–H and O–H groups in total. The summed E-state index contributed by atoms with van der Waals surface area (Å²) >= 11 is 1.64. The SMILES string of the molecule is CCOc1ccc(-c2cc3n(n2)SC(NCc2ccccc2)N3)cc1. The Hall–Kier alpha value is -2.44. The Bertz CT molecular complexity index is 809. The third kappa shape index (κ3) is 3.65. The molecule has 1 aromatic heterocycles. The summed E-state index contributed by atoms with van der Waals surface area (Å²) in [5.74, 6) is 1.90.